The van der Waals surface area contributed by atoms with Gasteiger partial charge in [-0.15, -0.1) is 0 Å². The number of nitrogens with two attached hydrogens (primary N) is 1. The molecule has 0 aliphatic heterocycles. The van der Waals surface area contributed by atoms with Crippen molar-refractivity contribution in [3.8, 4) is 0 Å². The second kappa shape index (κ2) is 4.97. The minimum absolute atomic E-state index is 0.0438. The maximum Gasteiger partial charge on any atom is 0.221 e. The third-order valence-corrected chi connectivity index (χ3v) is 2.39. The molecule has 1 amide bonds. The van der Waals surface area contributed by atoms with Crippen LogP contribution in [0.1, 0.15) is 18.9 Å². The number of hydrogen-bond acceptors (Lipinski definition) is 4. The van der Waals surface area contributed by atoms with E-state index in [1.54, 1.807) is 6.92 Å². The van der Waals surface area contributed by atoms with Gasteiger partial charge >= 0.3 is 0 Å². The fourth-order valence-electron chi connectivity index (χ4n) is 1.57. The van der Waals surface area contributed by atoms with Crippen molar-refractivity contribution in [1.29, 1.82) is 0 Å². The number of hydrogen-bond donors (Lipinski definition) is 2. The van der Waals surface area contributed by atoms with Crippen molar-refractivity contribution in [2.75, 3.05) is 0 Å². The lowest BCUT2D eigenvalue weighted by Crippen LogP contribution is -2.29. The van der Waals surface area contributed by atoms with Crippen molar-refractivity contribution in [2.24, 2.45) is 5.73 Å². The van der Waals surface area contributed by atoms with Gasteiger partial charge in [0.1, 0.15) is 5.52 Å². The molecule has 1 unspecified atom stereocenters. The summed E-state index contributed by atoms with van der Waals surface area (Å²) in [6.45, 7) is 2.28. The van der Waals surface area contributed by atoms with E-state index in [2.05, 4.69) is 10.3 Å². The third kappa shape index (κ3) is 3.04. The van der Waals surface area contributed by atoms with E-state index in [1.807, 2.05) is 18.2 Å². The molecule has 0 bridgehead atoms. The first-order chi connectivity index (χ1) is 8.15. The molecular formula is C12H15N3O2. The highest BCUT2D eigenvalue weighted by Gasteiger charge is 2.05. The van der Waals surface area contributed by atoms with E-state index in [0.29, 0.717) is 13.0 Å². The number of carbonyl (C=O) groups excluding carboxylic acids is 1. The maximum absolute atomic E-state index is 11.4. The maximum atomic E-state index is 11.4. The standard InChI is InChI=1S/C12H15N3O2/c1-8(13)4-12(16)14-6-9-2-3-10-11(5-9)17-7-15-10/h2-3,5,7-8H,4,6,13H2,1H3,(H,14,16). The molecule has 0 spiro atoms. The molecule has 5 nitrogen and oxygen atoms in total. The highest BCUT2D eigenvalue weighted by atomic mass is 16.3. The van der Waals surface area contributed by atoms with Crippen LogP contribution in [-0.2, 0) is 11.3 Å². The first-order valence-electron chi connectivity index (χ1n) is 5.49. The summed E-state index contributed by atoms with van der Waals surface area (Å²) in [6, 6.07) is 5.53. The Balaban J connectivity index is 1.96. The Morgan fingerprint density at radius 2 is 2.41 bits per heavy atom. The van der Waals surface area contributed by atoms with E-state index in [1.165, 1.54) is 6.39 Å². The van der Waals surface area contributed by atoms with Gasteiger partial charge in [-0.05, 0) is 24.6 Å². The average Bonchev–Trinajstić information content (AvgIpc) is 2.72. The van der Waals surface area contributed by atoms with E-state index in [0.717, 1.165) is 16.7 Å². The molecule has 0 aliphatic carbocycles. The third-order valence-electron chi connectivity index (χ3n) is 2.39. The number of amides is 1. The highest BCUT2D eigenvalue weighted by molar-refractivity contribution is 5.77. The topological polar surface area (TPSA) is 81.2 Å². The van der Waals surface area contributed by atoms with Crippen LogP contribution in [0.15, 0.2) is 29.0 Å². The number of carbonyl (C=O) groups is 1. The Morgan fingerprint density at radius 3 is 3.18 bits per heavy atom. The SMILES string of the molecule is CC(N)CC(=O)NCc1ccc2ncoc2c1. The lowest BCUT2D eigenvalue weighted by Gasteiger charge is -2.07. The molecule has 1 atom stereocenters. The zero-order chi connectivity index (χ0) is 12.3. The van der Waals surface area contributed by atoms with Gasteiger partial charge in [-0.25, -0.2) is 4.98 Å². The molecule has 1 aromatic carbocycles. The first kappa shape index (κ1) is 11.6. The second-order valence-electron chi connectivity index (χ2n) is 4.11. The van der Waals surface area contributed by atoms with Crippen LogP contribution in [0.3, 0.4) is 0 Å². The molecule has 2 aromatic rings. The predicted molar refractivity (Wildman–Crippen MR) is 64.1 cm³/mol. The molecule has 2 rings (SSSR count). The fourth-order valence-corrected chi connectivity index (χ4v) is 1.57. The molecule has 90 valence electrons. The number of rotatable bonds is 4. The van der Waals surface area contributed by atoms with Gasteiger partial charge in [0.05, 0.1) is 0 Å². The molecule has 1 heterocycles. The van der Waals surface area contributed by atoms with Crippen molar-refractivity contribution in [3.05, 3.63) is 30.2 Å². The summed E-state index contributed by atoms with van der Waals surface area (Å²) < 4.78 is 5.19. The summed E-state index contributed by atoms with van der Waals surface area (Å²) in [6.07, 6.45) is 1.74. The first-order valence-corrected chi connectivity index (χ1v) is 5.49. The predicted octanol–water partition coefficient (Wildman–Crippen LogP) is 1.18. The molecule has 17 heavy (non-hydrogen) atoms. The Hall–Kier alpha value is -1.88. The fraction of sp³-hybridized carbons (Fsp3) is 0.333. The van der Waals surface area contributed by atoms with Gasteiger partial charge < -0.3 is 15.5 Å². The highest BCUT2D eigenvalue weighted by Crippen LogP contribution is 2.13. The summed E-state index contributed by atoms with van der Waals surface area (Å²) >= 11 is 0. The molecule has 0 radical (unpaired) electrons. The average molecular weight is 233 g/mol. The molecule has 1 aromatic heterocycles. The second-order valence-corrected chi connectivity index (χ2v) is 4.11. The van der Waals surface area contributed by atoms with Gasteiger partial charge in [-0.2, -0.15) is 0 Å². The van der Waals surface area contributed by atoms with Crippen LogP contribution in [0.4, 0.5) is 0 Å². The summed E-state index contributed by atoms with van der Waals surface area (Å²) in [5.74, 6) is -0.0438. The summed E-state index contributed by atoms with van der Waals surface area (Å²) in [4.78, 5) is 15.4. The molecule has 3 N–H and O–H groups in total. The molecule has 0 saturated carbocycles. The zero-order valence-electron chi connectivity index (χ0n) is 9.64. The van der Waals surface area contributed by atoms with Crippen molar-refractivity contribution in [3.63, 3.8) is 0 Å². The van der Waals surface area contributed by atoms with Crippen molar-refractivity contribution in [2.45, 2.75) is 25.9 Å². The number of fused-ring (bicyclic) bond motifs is 1. The lowest BCUT2D eigenvalue weighted by molar-refractivity contribution is -0.121. The largest absolute Gasteiger partial charge is 0.443 e. The summed E-state index contributed by atoms with van der Waals surface area (Å²) in [5.41, 5.74) is 8.06. The van der Waals surface area contributed by atoms with Crippen LogP contribution in [0, 0.1) is 0 Å². The van der Waals surface area contributed by atoms with E-state index >= 15 is 0 Å². The minimum atomic E-state index is -0.119. The smallest absolute Gasteiger partial charge is 0.221 e. The van der Waals surface area contributed by atoms with Gasteiger partial charge in [0, 0.05) is 19.0 Å². The van der Waals surface area contributed by atoms with E-state index < -0.39 is 0 Å². The van der Waals surface area contributed by atoms with E-state index in [9.17, 15) is 4.79 Å². The summed E-state index contributed by atoms with van der Waals surface area (Å²) in [5, 5.41) is 2.81. The van der Waals surface area contributed by atoms with Gasteiger partial charge in [0.15, 0.2) is 12.0 Å². The monoisotopic (exact) mass is 233 g/mol. The molecule has 0 aliphatic rings. The van der Waals surface area contributed by atoms with Crippen molar-refractivity contribution >= 4 is 17.0 Å². The molecular weight excluding hydrogens is 218 g/mol. The van der Waals surface area contributed by atoms with Crippen LogP contribution in [-0.4, -0.2) is 16.9 Å². The number of oxazole rings is 1. The Labute approximate surface area is 99.0 Å². The van der Waals surface area contributed by atoms with Crippen molar-refractivity contribution in [1.82, 2.24) is 10.3 Å². The normalized spacial score (nSPS) is 12.6. The zero-order valence-corrected chi connectivity index (χ0v) is 9.64. The quantitative estimate of drug-likeness (QED) is 0.830. The van der Waals surface area contributed by atoms with Crippen molar-refractivity contribution < 1.29 is 9.21 Å². The van der Waals surface area contributed by atoms with Crippen LogP contribution >= 0.6 is 0 Å². The molecule has 5 heteroatoms. The number of nitrogens with one attached hydrogen (secondary N) is 1. The van der Waals surface area contributed by atoms with E-state index in [4.69, 9.17) is 10.2 Å². The number of aromatic nitrogens is 1. The van der Waals surface area contributed by atoms with Gasteiger partial charge in [-0.1, -0.05) is 6.07 Å². The van der Waals surface area contributed by atoms with Crippen LogP contribution < -0.4 is 11.1 Å². The van der Waals surface area contributed by atoms with Gasteiger partial charge in [-0.3, -0.25) is 4.79 Å². The Bertz CT molecular complexity index is 519. The van der Waals surface area contributed by atoms with Crippen LogP contribution in [0.2, 0.25) is 0 Å². The minimum Gasteiger partial charge on any atom is -0.443 e. The van der Waals surface area contributed by atoms with Crippen LogP contribution in [0.5, 0.6) is 0 Å². The van der Waals surface area contributed by atoms with Gasteiger partial charge in [0.25, 0.3) is 0 Å². The van der Waals surface area contributed by atoms with Gasteiger partial charge in [0.2, 0.25) is 5.91 Å². The Morgan fingerprint density at radius 1 is 1.59 bits per heavy atom. The number of nitrogens with zero attached hydrogens (tertiary/aromatic N) is 1. The number of benzene rings is 1. The molecule has 0 fully saturated rings. The molecule has 0 saturated heterocycles. The lowest BCUT2D eigenvalue weighted by atomic mass is 10.2. The Kier molecular flexibility index (Phi) is 3.39. The summed E-state index contributed by atoms with van der Waals surface area (Å²) in [7, 11) is 0. The van der Waals surface area contributed by atoms with Crippen LogP contribution in [0.25, 0.3) is 11.1 Å². The van der Waals surface area contributed by atoms with E-state index in [-0.39, 0.29) is 11.9 Å².